The number of methoxy groups -OCH3 is 2. The van der Waals surface area contributed by atoms with E-state index < -0.39 is 0 Å². The molecule has 0 saturated carbocycles. The second-order valence-electron chi connectivity index (χ2n) is 6.43. The minimum absolute atomic E-state index is 0.271. The van der Waals surface area contributed by atoms with E-state index >= 15 is 0 Å². The Morgan fingerprint density at radius 3 is 2.62 bits per heavy atom. The molecule has 0 bridgehead atoms. The summed E-state index contributed by atoms with van der Waals surface area (Å²) in [6.07, 6.45) is 2.62. The van der Waals surface area contributed by atoms with Crippen molar-refractivity contribution in [2.24, 2.45) is 0 Å². The van der Waals surface area contributed by atoms with Crippen LogP contribution in [0.3, 0.4) is 0 Å². The Bertz CT molecular complexity index is 965. The van der Waals surface area contributed by atoms with Crippen LogP contribution in [0.2, 0.25) is 0 Å². The molecule has 2 aromatic carbocycles. The number of nitrogens with zero attached hydrogens (tertiary/aromatic N) is 1. The van der Waals surface area contributed by atoms with Gasteiger partial charge in [0, 0.05) is 6.42 Å². The zero-order valence-corrected chi connectivity index (χ0v) is 17.3. The summed E-state index contributed by atoms with van der Waals surface area (Å²) in [4.78, 5) is 28.9. The maximum absolute atomic E-state index is 12.4. The number of ketones is 1. The molecule has 3 aromatic rings. The molecule has 0 fully saturated rings. The molecular weight excluding hydrogens is 390 g/mol. The van der Waals surface area contributed by atoms with Crippen LogP contribution in [0.5, 0.6) is 11.5 Å². The Morgan fingerprint density at radius 1 is 1.03 bits per heavy atom. The van der Waals surface area contributed by atoms with Crippen LogP contribution in [-0.2, 0) is 16.0 Å². The SMILES string of the molecule is COc1ccc(OC)c(C(=O)COC(=O)CCCCc2nc3ccccc3s2)c1. The fraction of sp³-hybridized carbons (Fsp3) is 0.318. The number of esters is 1. The summed E-state index contributed by atoms with van der Waals surface area (Å²) >= 11 is 1.68. The molecule has 0 spiro atoms. The van der Waals surface area contributed by atoms with Gasteiger partial charge >= 0.3 is 5.97 Å². The van der Waals surface area contributed by atoms with Crippen LogP contribution in [-0.4, -0.2) is 37.6 Å². The Balaban J connectivity index is 1.42. The molecule has 6 nitrogen and oxygen atoms in total. The first-order valence-electron chi connectivity index (χ1n) is 9.36. The molecule has 0 amide bonds. The quantitative estimate of drug-likeness (QED) is 0.278. The molecule has 29 heavy (non-hydrogen) atoms. The lowest BCUT2D eigenvalue weighted by molar-refractivity contribution is -0.142. The lowest BCUT2D eigenvalue weighted by Crippen LogP contribution is -2.15. The number of hydrogen-bond donors (Lipinski definition) is 0. The minimum atomic E-state index is -0.385. The predicted octanol–water partition coefficient (Wildman–Crippen LogP) is 4.45. The molecule has 0 aliphatic carbocycles. The van der Waals surface area contributed by atoms with Crippen LogP contribution in [0, 0.1) is 0 Å². The molecule has 1 heterocycles. The van der Waals surface area contributed by atoms with Gasteiger partial charge in [0.1, 0.15) is 11.5 Å². The van der Waals surface area contributed by atoms with Crippen molar-refractivity contribution in [2.75, 3.05) is 20.8 Å². The fourth-order valence-corrected chi connectivity index (χ4v) is 3.91. The summed E-state index contributed by atoms with van der Waals surface area (Å²) in [5, 5.41) is 1.07. The Hall–Kier alpha value is -2.93. The van der Waals surface area contributed by atoms with E-state index in [2.05, 4.69) is 11.1 Å². The first-order valence-corrected chi connectivity index (χ1v) is 10.2. The van der Waals surface area contributed by atoms with Crippen LogP contribution in [0.25, 0.3) is 10.2 Å². The topological polar surface area (TPSA) is 74.7 Å². The third kappa shape index (κ3) is 5.54. The molecule has 152 valence electrons. The highest BCUT2D eigenvalue weighted by Gasteiger charge is 2.16. The number of ether oxygens (including phenoxy) is 3. The largest absolute Gasteiger partial charge is 0.497 e. The van der Waals surface area contributed by atoms with Gasteiger partial charge in [-0.3, -0.25) is 9.59 Å². The molecule has 0 aliphatic heterocycles. The van der Waals surface area contributed by atoms with E-state index in [-0.39, 0.29) is 24.8 Å². The predicted molar refractivity (Wildman–Crippen MR) is 112 cm³/mol. The highest BCUT2D eigenvalue weighted by Crippen LogP contribution is 2.25. The maximum atomic E-state index is 12.4. The van der Waals surface area contributed by atoms with Crippen molar-refractivity contribution in [3.8, 4) is 11.5 Å². The standard InChI is InChI=1S/C22H23NO5S/c1-26-15-11-12-19(27-2)16(13-15)18(24)14-28-22(25)10-6-5-9-21-23-17-7-3-4-8-20(17)29-21/h3-4,7-8,11-13H,5-6,9-10,14H2,1-2H3. The van der Waals surface area contributed by atoms with Crippen molar-refractivity contribution in [3.63, 3.8) is 0 Å². The Labute approximate surface area is 173 Å². The number of unbranched alkanes of at least 4 members (excludes halogenated alkanes) is 1. The summed E-state index contributed by atoms with van der Waals surface area (Å²) < 4.78 is 16.6. The third-order valence-corrected chi connectivity index (χ3v) is 5.53. The molecule has 0 atom stereocenters. The van der Waals surface area contributed by atoms with Gasteiger partial charge in [0.15, 0.2) is 6.61 Å². The number of aryl methyl sites for hydroxylation is 1. The molecule has 0 saturated heterocycles. The summed E-state index contributed by atoms with van der Waals surface area (Å²) in [6, 6.07) is 13.0. The number of carbonyl (C=O) groups is 2. The average molecular weight is 413 g/mol. The van der Waals surface area contributed by atoms with Crippen LogP contribution >= 0.6 is 11.3 Å². The van der Waals surface area contributed by atoms with Gasteiger partial charge in [-0.25, -0.2) is 4.98 Å². The van der Waals surface area contributed by atoms with E-state index in [1.807, 2.05) is 18.2 Å². The number of benzene rings is 2. The van der Waals surface area contributed by atoms with Crippen LogP contribution < -0.4 is 9.47 Å². The number of thiazole rings is 1. The first kappa shape index (κ1) is 20.8. The number of rotatable bonds is 10. The van der Waals surface area contributed by atoms with E-state index in [0.717, 1.165) is 23.4 Å². The highest BCUT2D eigenvalue weighted by atomic mass is 32.1. The molecule has 0 unspecified atom stereocenters. The van der Waals surface area contributed by atoms with E-state index in [1.165, 1.54) is 18.9 Å². The van der Waals surface area contributed by atoms with Crippen molar-refractivity contribution >= 4 is 33.3 Å². The van der Waals surface area contributed by atoms with Crippen molar-refractivity contribution in [1.82, 2.24) is 4.98 Å². The van der Waals surface area contributed by atoms with Gasteiger partial charge in [0.05, 0.1) is 35.0 Å². The van der Waals surface area contributed by atoms with E-state index in [1.54, 1.807) is 29.5 Å². The van der Waals surface area contributed by atoms with Crippen molar-refractivity contribution < 1.29 is 23.8 Å². The van der Waals surface area contributed by atoms with Crippen molar-refractivity contribution in [3.05, 3.63) is 53.0 Å². The number of Topliss-reactive ketones (excluding diaryl/α,β-unsaturated/α-hetero) is 1. The second-order valence-corrected chi connectivity index (χ2v) is 7.55. The zero-order valence-electron chi connectivity index (χ0n) is 16.5. The molecule has 0 N–H and O–H groups in total. The zero-order chi connectivity index (χ0) is 20.6. The number of carbonyl (C=O) groups excluding carboxylic acids is 2. The summed E-state index contributed by atoms with van der Waals surface area (Å²) in [6.45, 7) is -0.319. The molecule has 3 rings (SSSR count). The maximum Gasteiger partial charge on any atom is 0.306 e. The number of fused-ring (bicyclic) bond motifs is 1. The van der Waals surface area contributed by atoms with Crippen molar-refractivity contribution in [2.45, 2.75) is 25.7 Å². The molecule has 1 aromatic heterocycles. The van der Waals surface area contributed by atoms with Crippen molar-refractivity contribution in [1.29, 1.82) is 0 Å². The summed E-state index contributed by atoms with van der Waals surface area (Å²) in [5.41, 5.74) is 1.34. The Morgan fingerprint density at radius 2 is 1.86 bits per heavy atom. The van der Waals surface area contributed by atoms with Gasteiger partial charge in [-0.05, 0) is 49.6 Å². The molecule has 0 radical (unpaired) electrons. The van der Waals surface area contributed by atoms with E-state index in [9.17, 15) is 9.59 Å². The fourth-order valence-electron chi connectivity index (χ4n) is 2.90. The summed E-state index contributed by atoms with van der Waals surface area (Å²) in [7, 11) is 3.00. The van der Waals surface area contributed by atoms with E-state index in [4.69, 9.17) is 14.2 Å². The van der Waals surface area contributed by atoms with Gasteiger partial charge in [-0.1, -0.05) is 12.1 Å². The average Bonchev–Trinajstić information content (AvgIpc) is 3.17. The number of hydrogen-bond acceptors (Lipinski definition) is 7. The lowest BCUT2D eigenvalue weighted by atomic mass is 10.1. The minimum Gasteiger partial charge on any atom is -0.497 e. The molecule has 0 aliphatic rings. The normalized spacial score (nSPS) is 10.7. The van der Waals surface area contributed by atoms with Crippen LogP contribution in [0.1, 0.15) is 34.6 Å². The van der Waals surface area contributed by atoms with Gasteiger partial charge in [0.2, 0.25) is 5.78 Å². The second kappa shape index (κ2) is 10.0. The monoisotopic (exact) mass is 413 g/mol. The smallest absolute Gasteiger partial charge is 0.306 e. The third-order valence-electron chi connectivity index (χ3n) is 4.43. The molecule has 7 heteroatoms. The number of para-hydroxylation sites is 1. The van der Waals surface area contributed by atoms with Gasteiger partial charge < -0.3 is 14.2 Å². The van der Waals surface area contributed by atoms with Gasteiger partial charge in [0.25, 0.3) is 0 Å². The summed E-state index contributed by atoms with van der Waals surface area (Å²) in [5.74, 6) is 0.242. The van der Waals surface area contributed by atoms with Gasteiger partial charge in [-0.15, -0.1) is 11.3 Å². The first-order chi connectivity index (χ1) is 14.1. The molecular formula is C22H23NO5S. The van der Waals surface area contributed by atoms with Gasteiger partial charge in [-0.2, -0.15) is 0 Å². The van der Waals surface area contributed by atoms with E-state index in [0.29, 0.717) is 23.5 Å². The van der Waals surface area contributed by atoms with Crippen LogP contribution in [0.4, 0.5) is 0 Å². The lowest BCUT2D eigenvalue weighted by Gasteiger charge is -2.10. The number of aromatic nitrogens is 1. The highest BCUT2D eigenvalue weighted by molar-refractivity contribution is 7.18. The Kier molecular flexibility index (Phi) is 7.19. The van der Waals surface area contributed by atoms with Crippen LogP contribution in [0.15, 0.2) is 42.5 Å².